The van der Waals surface area contributed by atoms with E-state index < -0.39 is 0 Å². The number of hydrogen-bond acceptors (Lipinski definition) is 4. The van der Waals surface area contributed by atoms with Crippen molar-refractivity contribution < 1.29 is 19.0 Å². The Morgan fingerprint density at radius 1 is 0.909 bits per heavy atom. The minimum atomic E-state index is -0.301. The molecule has 0 saturated heterocycles. The number of hydrogen-bond donors (Lipinski definition) is 0. The second-order valence-electron chi connectivity index (χ2n) is 4.79. The summed E-state index contributed by atoms with van der Waals surface area (Å²) < 4.78 is 16.0. The molecule has 0 spiro atoms. The molecule has 0 aromatic heterocycles. The lowest BCUT2D eigenvalue weighted by atomic mass is 10.2. The van der Waals surface area contributed by atoms with Crippen LogP contribution in [-0.4, -0.2) is 19.7 Å². The van der Waals surface area contributed by atoms with E-state index in [2.05, 4.69) is 6.92 Å². The van der Waals surface area contributed by atoms with Crippen LogP contribution >= 0.6 is 0 Å². The van der Waals surface area contributed by atoms with E-state index in [1.807, 2.05) is 24.3 Å². The molecule has 0 fully saturated rings. The Labute approximate surface area is 130 Å². The summed E-state index contributed by atoms with van der Waals surface area (Å²) in [6.07, 6.45) is 1.88. The molecule has 0 heterocycles. The van der Waals surface area contributed by atoms with E-state index in [1.54, 1.807) is 31.4 Å². The van der Waals surface area contributed by atoms with Crippen LogP contribution in [0.15, 0.2) is 48.5 Å². The standard InChI is InChI=1S/C18H20O4/c1-3-4-13-21-18(19)14-5-7-16(8-6-14)22-17-11-9-15(20-2)10-12-17/h5-12H,3-4,13H2,1-2H3. The zero-order valence-corrected chi connectivity index (χ0v) is 12.9. The molecule has 0 radical (unpaired) electrons. The largest absolute Gasteiger partial charge is 0.497 e. The van der Waals surface area contributed by atoms with Crippen LogP contribution in [-0.2, 0) is 4.74 Å². The summed E-state index contributed by atoms with van der Waals surface area (Å²) in [5, 5.41) is 0. The van der Waals surface area contributed by atoms with Crippen LogP contribution in [0.5, 0.6) is 17.2 Å². The summed E-state index contributed by atoms with van der Waals surface area (Å²) in [5.74, 6) is 1.84. The van der Waals surface area contributed by atoms with Gasteiger partial charge in [0.15, 0.2) is 0 Å². The van der Waals surface area contributed by atoms with Crippen LogP contribution in [0, 0.1) is 0 Å². The van der Waals surface area contributed by atoms with Crippen molar-refractivity contribution in [2.45, 2.75) is 19.8 Å². The van der Waals surface area contributed by atoms with Crippen LogP contribution in [0.25, 0.3) is 0 Å². The van der Waals surface area contributed by atoms with Crippen LogP contribution in [0.4, 0.5) is 0 Å². The van der Waals surface area contributed by atoms with Crippen LogP contribution in [0.1, 0.15) is 30.1 Å². The Balaban J connectivity index is 1.94. The van der Waals surface area contributed by atoms with Crippen molar-refractivity contribution in [1.82, 2.24) is 0 Å². The molecule has 0 aliphatic rings. The molecular weight excluding hydrogens is 280 g/mol. The zero-order valence-electron chi connectivity index (χ0n) is 12.9. The fourth-order valence-electron chi connectivity index (χ4n) is 1.83. The Bertz CT molecular complexity index is 587. The smallest absolute Gasteiger partial charge is 0.338 e. The van der Waals surface area contributed by atoms with Crippen molar-refractivity contribution in [1.29, 1.82) is 0 Å². The number of carbonyl (C=O) groups is 1. The average molecular weight is 300 g/mol. The Morgan fingerprint density at radius 3 is 2.00 bits per heavy atom. The van der Waals surface area contributed by atoms with Gasteiger partial charge in [-0.2, -0.15) is 0 Å². The van der Waals surface area contributed by atoms with Crippen LogP contribution < -0.4 is 9.47 Å². The van der Waals surface area contributed by atoms with Crippen LogP contribution in [0.2, 0.25) is 0 Å². The number of benzene rings is 2. The maximum atomic E-state index is 11.8. The molecule has 2 rings (SSSR count). The Hall–Kier alpha value is -2.49. The number of unbranched alkanes of at least 4 members (excludes halogenated alkanes) is 1. The number of ether oxygens (including phenoxy) is 3. The van der Waals surface area contributed by atoms with E-state index in [4.69, 9.17) is 14.2 Å². The van der Waals surface area contributed by atoms with E-state index in [0.717, 1.165) is 18.6 Å². The zero-order chi connectivity index (χ0) is 15.8. The molecule has 22 heavy (non-hydrogen) atoms. The van der Waals surface area contributed by atoms with E-state index >= 15 is 0 Å². The normalized spacial score (nSPS) is 10.1. The lowest BCUT2D eigenvalue weighted by molar-refractivity contribution is 0.0499. The van der Waals surface area contributed by atoms with E-state index in [9.17, 15) is 4.79 Å². The highest BCUT2D eigenvalue weighted by Gasteiger charge is 2.07. The molecule has 0 aliphatic heterocycles. The van der Waals surface area contributed by atoms with Gasteiger partial charge in [-0.1, -0.05) is 13.3 Å². The average Bonchev–Trinajstić information content (AvgIpc) is 2.56. The topological polar surface area (TPSA) is 44.8 Å². The number of esters is 1. The SMILES string of the molecule is CCCCOC(=O)c1ccc(Oc2ccc(OC)cc2)cc1. The Kier molecular flexibility index (Phi) is 5.83. The summed E-state index contributed by atoms with van der Waals surface area (Å²) in [4.78, 5) is 11.8. The molecule has 4 heteroatoms. The highest BCUT2D eigenvalue weighted by molar-refractivity contribution is 5.89. The van der Waals surface area contributed by atoms with Crippen molar-refractivity contribution in [2.24, 2.45) is 0 Å². The van der Waals surface area contributed by atoms with Crippen molar-refractivity contribution >= 4 is 5.97 Å². The lowest BCUT2D eigenvalue weighted by Crippen LogP contribution is -2.06. The number of carbonyl (C=O) groups excluding carboxylic acids is 1. The first-order valence-electron chi connectivity index (χ1n) is 7.32. The van der Waals surface area contributed by atoms with Gasteiger partial charge in [-0.15, -0.1) is 0 Å². The van der Waals surface area contributed by atoms with Gasteiger partial charge in [0.25, 0.3) is 0 Å². The second kappa shape index (κ2) is 8.08. The highest BCUT2D eigenvalue weighted by atomic mass is 16.5. The van der Waals surface area contributed by atoms with Gasteiger partial charge in [0.05, 0.1) is 19.3 Å². The van der Waals surface area contributed by atoms with Gasteiger partial charge in [0.1, 0.15) is 17.2 Å². The fourth-order valence-corrected chi connectivity index (χ4v) is 1.83. The second-order valence-corrected chi connectivity index (χ2v) is 4.79. The van der Waals surface area contributed by atoms with E-state index in [1.165, 1.54) is 0 Å². The number of rotatable bonds is 7. The summed E-state index contributed by atoms with van der Waals surface area (Å²) in [6.45, 7) is 2.51. The molecular formula is C18H20O4. The molecule has 0 aliphatic carbocycles. The van der Waals surface area contributed by atoms with Gasteiger partial charge in [-0.3, -0.25) is 0 Å². The first-order valence-corrected chi connectivity index (χ1v) is 7.32. The van der Waals surface area contributed by atoms with Gasteiger partial charge in [-0.05, 0) is 55.0 Å². The minimum absolute atomic E-state index is 0.301. The van der Waals surface area contributed by atoms with Crippen molar-refractivity contribution in [3.8, 4) is 17.2 Å². The third-order valence-electron chi connectivity index (χ3n) is 3.12. The maximum absolute atomic E-state index is 11.8. The predicted octanol–water partition coefficient (Wildman–Crippen LogP) is 4.44. The first kappa shape index (κ1) is 15.9. The molecule has 0 saturated carbocycles. The minimum Gasteiger partial charge on any atom is -0.497 e. The van der Waals surface area contributed by atoms with Crippen LogP contribution in [0.3, 0.4) is 0 Å². The van der Waals surface area contributed by atoms with E-state index in [0.29, 0.717) is 23.7 Å². The van der Waals surface area contributed by atoms with E-state index in [-0.39, 0.29) is 5.97 Å². The van der Waals surface area contributed by atoms with Crippen molar-refractivity contribution in [2.75, 3.05) is 13.7 Å². The summed E-state index contributed by atoms with van der Waals surface area (Å²) >= 11 is 0. The number of methoxy groups -OCH3 is 1. The summed E-state index contributed by atoms with van der Waals surface area (Å²) in [7, 11) is 1.62. The lowest BCUT2D eigenvalue weighted by Gasteiger charge is -2.08. The fraction of sp³-hybridized carbons (Fsp3) is 0.278. The van der Waals surface area contributed by atoms with Crippen molar-refractivity contribution in [3.05, 3.63) is 54.1 Å². The summed E-state index contributed by atoms with van der Waals surface area (Å²) in [6, 6.07) is 14.2. The quantitative estimate of drug-likeness (QED) is 0.560. The molecule has 0 N–H and O–H groups in total. The summed E-state index contributed by atoms with van der Waals surface area (Å²) in [5.41, 5.74) is 0.526. The molecule has 2 aromatic rings. The van der Waals surface area contributed by atoms with Gasteiger partial charge in [0, 0.05) is 0 Å². The molecule has 0 atom stereocenters. The molecule has 0 bridgehead atoms. The maximum Gasteiger partial charge on any atom is 0.338 e. The third-order valence-corrected chi connectivity index (χ3v) is 3.12. The third kappa shape index (κ3) is 4.52. The highest BCUT2D eigenvalue weighted by Crippen LogP contribution is 2.24. The van der Waals surface area contributed by atoms with Gasteiger partial charge >= 0.3 is 5.97 Å². The molecule has 4 nitrogen and oxygen atoms in total. The molecule has 0 amide bonds. The molecule has 116 valence electrons. The van der Waals surface area contributed by atoms with Gasteiger partial charge in [-0.25, -0.2) is 4.79 Å². The Morgan fingerprint density at radius 2 is 1.45 bits per heavy atom. The molecule has 0 unspecified atom stereocenters. The van der Waals surface area contributed by atoms with Gasteiger partial charge in [0.2, 0.25) is 0 Å². The molecule has 2 aromatic carbocycles. The first-order chi connectivity index (χ1) is 10.7. The van der Waals surface area contributed by atoms with Crippen molar-refractivity contribution in [3.63, 3.8) is 0 Å². The van der Waals surface area contributed by atoms with Gasteiger partial charge < -0.3 is 14.2 Å². The monoisotopic (exact) mass is 300 g/mol. The predicted molar refractivity (Wildman–Crippen MR) is 84.7 cm³/mol.